The van der Waals surface area contributed by atoms with Gasteiger partial charge in [-0.2, -0.15) is 0 Å². The third-order valence-electron chi connectivity index (χ3n) is 5.00. The minimum absolute atomic E-state index is 0.0644. The Morgan fingerprint density at radius 3 is 2.48 bits per heavy atom. The molecular formula is C18H24N2O6S. The average Bonchev–Trinajstić information content (AvgIpc) is 2.65. The Bertz CT molecular complexity index is 845. The smallest absolute Gasteiger partial charge is 0.308 e. The molecule has 1 fully saturated rings. The summed E-state index contributed by atoms with van der Waals surface area (Å²) in [4.78, 5) is 26.2. The number of esters is 1. The Morgan fingerprint density at radius 2 is 1.89 bits per heavy atom. The highest BCUT2D eigenvalue weighted by Crippen LogP contribution is 2.36. The summed E-state index contributed by atoms with van der Waals surface area (Å²) in [6.45, 7) is 2.63. The molecule has 0 spiro atoms. The monoisotopic (exact) mass is 396 g/mol. The SMILES string of the molecule is COC(=O)C1CCN(C(=O)C2CN(S(C)(=O)=O)c3cc(C)ccc3O2)CC1. The van der Waals surface area contributed by atoms with Crippen LogP contribution >= 0.6 is 0 Å². The molecule has 0 radical (unpaired) electrons. The van der Waals surface area contributed by atoms with Crippen LogP contribution in [-0.2, 0) is 24.3 Å². The number of carbonyl (C=O) groups excluding carboxylic acids is 2. The average molecular weight is 396 g/mol. The topological polar surface area (TPSA) is 93.2 Å². The molecule has 0 bridgehead atoms. The number of methoxy groups -OCH3 is 1. The summed E-state index contributed by atoms with van der Waals surface area (Å²) in [7, 11) is -2.20. The van der Waals surface area contributed by atoms with E-state index in [1.807, 2.05) is 13.0 Å². The van der Waals surface area contributed by atoms with Crippen LogP contribution in [0, 0.1) is 12.8 Å². The molecule has 27 heavy (non-hydrogen) atoms. The second kappa shape index (κ2) is 7.38. The van der Waals surface area contributed by atoms with Gasteiger partial charge < -0.3 is 14.4 Å². The first-order chi connectivity index (χ1) is 12.7. The molecule has 148 valence electrons. The summed E-state index contributed by atoms with van der Waals surface area (Å²) >= 11 is 0. The van der Waals surface area contributed by atoms with Gasteiger partial charge in [0, 0.05) is 13.1 Å². The first-order valence-corrected chi connectivity index (χ1v) is 10.7. The molecule has 3 rings (SSSR count). The van der Waals surface area contributed by atoms with Crippen LogP contribution < -0.4 is 9.04 Å². The number of likely N-dealkylation sites (tertiary alicyclic amines) is 1. The predicted molar refractivity (Wildman–Crippen MR) is 99.1 cm³/mol. The Kier molecular flexibility index (Phi) is 5.32. The lowest BCUT2D eigenvalue weighted by molar-refractivity contribution is -0.150. The number of aryl methyl sites for hydroxylation is 1. The number of anilines is 1. The molecule has 1 atom stereocenters. The maximum atomic E-state index is 12.9. The van der Waals surface area contributed by atoms with Crippen molar-refractivity contribution in [2.75, 3.05) is 37.3 Å². The molecule has 1 saturated heterocycles. The van der Waals surface area contributed by atoms with Crippen molar-refractivity contribution in [2.24, 2.45) is 5.92 Å². The highest BCUT2D eigenvalue weighted by atomic mass is 32.2. The summed E-state index contributed by atoms with van der Waals surface area (Å²) in [6.07, 6.45) is 1.26. The molecule has 0 aromatic heterocycles. The lowest BCUT2D eigenvalue weighted by atomic mass is 9.96. The largest absolute Gasteiger partial charge is 0.476 e. The van der Waals surface area contributed by atoms with Gasteiger partial charge >= 0.3 is 5.97 Å². The van der Waals surface area contributed by atoms with E-state index in [1.54, 1.807) is 17.0 Å². The highest BCUT2D eigenvalue weighted by molar-refractivity contribution is 7.92. The normalized spacial score (nSPS) is 20.6. The second-order valence-electron chi connectivity index (χ2n) is 6.99. The van der Waals surface area contributed by atoms with Crippen molar-refractivity contribution in [3.8, 4) is 5.75 Å². The van der Waals surface area contributed by atoms with E-state index in [9.17, 15) is 18.0 Å². The number of nitrogens with zero attached hydrogens (tertiary/aromatic N) is 2. The Labute approximate surface area is 159 Å². The van der Waals surface area contributed by atoms with Crippen molar-refractivity contribution < 1.29 is 27.5 Å². The number of hydrogen-bond acceptors (Lipinski definition) is 6. The molecule has 0 N–H and O–H groups in total. The molecule has 2 heterocycles. The van der Waals surface area contributed by atoms with Crippen LogP contribution in [0.25, 0.3) is 0 Å². The minimum Gasteiger partial charge on any atom is -0.476 e. The summed E-state index contributed by atoms with van der Waals surface area (Å²) in [5, 5.41) is 0. The van der Waals surface area contributed by atoms with Gasteiger partial charge in [-0.15, -0.1) is 0 Å². The van der Waals surface area contributed by atoms with Crippen LogP contribution in [0.4, 0.5) is 5.69 Å². The van der Waals surface area contributed by atoms with E-state index in [4.69, 9.17) is 9.47 Å². The van der Waals surface area contributed by atoms with E-state index in [0.29, 0.717) is 37.4 Å². The molecule has 1 aromatic carbocycles. The maximum absolute atomic E-state index is 12.9. The van der Waals surface area contributed by atoms with Crippen LogP contribution in [0.1, 0.15) is 18.4 Å². The number of rotatable bonds is 3. The Morgan fingerprint density at radius 1 is 1.22 bits per heavy atom. The number of sulfonamides is 1. The number of hydrogen-bond donors (Lipinski definition) is 0. The third kappa shape index (κ3) is 4.02. The van der Waals surface area contributed by atoms with Crippen LogP contribution in [0.3, 0.4) is 0 Å². The summed E-state index contributed by atoms with van der Waals surface area (Å²) in [5.74, 6) is -0.357. The molecule has 2 aliphatic rings. The van der Waals surface area contributed by atoms with Crippen LogP contribution in [0.2, 0.25) is 0 Å². The fraction of sp³-hybridized carbons (Fsp3) is 0.556. The lowest BCUT2D eigenvalue weighted by Gasteiger charge is -2.38. The molecule has 0 saturated carbocycles. The van der Waals surface area contributed by atoms with Crippen LogP contribution in [0.15, 0.2) is 18.2 Å². The van der Waals surface area contributed by atoms with Crippen molar-refractivity contribution >= 4 is 27.6 Å². The van der Waals surface area contributed by atoms with Crippen molar-refractivity contribution in [3.05, 3.63) is 23.8 Å². The van der Waals surface area contributed by atoms with Crippen molar-refractivity contribution in [2.45, 2.75) is 25.9 Å². The predicted octanol–water partition coefficient (Wildman–Crippen LogP) is 0.934. The summed E-state index contributed by atoms with van der Waals surface area (Å²) < 4.78 is 36.3. The molecule has 2 aliphatic heterocycles. The molecular weight excluding hydrogens is 372 g/mol. The second-order valence-corrected chi connectivity index (χ2v) is 8.90. The zero-order chi connectivity index (χ0) is 19.8. The zero-order valence-electron chi connectivity index (χ0n) is 15.7. The Balaban J connectivity index is 1.77. The van der Waals surface area contributed by atoms with Crippen molar-refractivity contribution in [1.29, 1.82) is 0 Å². The standard InChI is InChI=1S/C18H24N2O6S/c1-12-4-5-15-14(10-12)20(27(3,23)24)11-16(26-15)17(21)19-8-6-13(7-9-19)18(22)25-2/h4-5,10,13,16H,6-9,11H2,1-3H3. The van der Waals surface area contributed by atoms with Gasteiger partial charge in [0.15, 0.2) is 6.10 Å². The van der Waals surface area contributed by atoms with E-state index in [1.165, 1.54) is 11.4 Å². The number of amides is 1. The Hall–Kier alpha value is -2.29. The van der Waals surface area contributed by atoms with Gasteiger partial charge in [-0.3, -0.25) is 13.9 Å². The fourth-order valence-electron chi connectivity index (χ4n) is 3.51. The number of benzene rings is 1. The summed E-state index contributed by atoms with van der Waals surface area (Å²) in [5.41, 5.74) is 1.35. The van der Waals surface area contributed by atoms with Crippen molar-refractivity contribution in [1.82, 2.24) is 4.90 Å². The molecule has 1 unspecified atom stereocenters. The van der Waals surface area contributed by atoms with Gasteiger partial charge in [0.2, 0.25) is 10.0 Å². The molecule has 9 heteroatoms. The van der Waals surface area contributed by atoms with Gasteiger partial charge in [-0.25, -0.2) is 8.42 Å². The van der Waals surface area contributed by atoms with Gasteiger partial charge in [0.05, 0.1) is 31.5 Å². The quantitative estimate of drug-likeness (QED) is 0.706. The summed E-state index contributed by atoms with van der Waals surface area (Å²) in [6, 6.07) is 5.23. The molecule has 1 amide bonds. The van der Waals surface area contributed by atoms with Gasteiger partial charge in [-0.05, 0) is 37.5 Å². The van der Waals surface area contributed by atoms with E-state index >= 15 is 0 Å². The minimum atomic E-state index is -3.56. The number of carbonyl (C=O) groups is 2. The van der Waals surface area contributed by atoms with E-state index in [-0.39, 0.29) is 24.3 Å². The highest BCUT2D eigenvalue weighted by Gasteiger charge is 2.38. The zero-order valence-corrected chi connectivity index (χ0v) is 16.5. The molecule has 8 nitrogen and oxygen atoms in total. The fourth-order valence-corrected chi connectivity index (χ4v) is 4.42. The van der Waals surface area contributed by atoms with Gasteiger partial charge in [-0.1, -0.05) is 6.07 Å². The van der Waals surface area contributed by atoms with E-state index in [0.717, 1.165) is 11.8 Å². The van der Waals surface area contributed by atoms with E-state index < -0.39 is 16.1 Å². The lowest BCUT2D eigenvalue weighted by Crippen LogP contribution is -2.53. The van der Waals surface area contributed by atoms with Crippen LogP contribution in [-0.4, -0.2) is 64.3 Å². The maximum Gasteiger partial charge on any atom is 0.308 e. The molecule has 0 aliphatic carbocycles. The first-order valence-electron chi connectivity index (χ1n) is 8.82. The number of piperidine rings is 1. The molecule has 1 aromatic rings. The van der Waals surface area contributed by atoms with Gasteiger partial charge in [0.25, 0.3) is 5.91 Å². The van der Waals surface area contributed by atoms with Crippen molar-refractivity contribution in [3.63, 3.8) is 0 Å². The number of ether oxygens (including phenoxy) is 2. The third-order valence-corrected chi connectivity index (χ3v) is 6.15. The van der Waals surface area contributed by atoms with E-state index in [2.05, 4.69) is 0 Å². The first kappa shape index (κ1) is 19.5. The number of fused-ring (bicyclic) bond motifs is 1. The van der Waals surface area contributed by atoms with Gasteiger partial charge in [0.1, 0.15) is 5.75 Å². The van der Waals surface area contributed by atoms with Crippen LogP contribution in [0.5, 0.6) is 5.75 Å².